The van der Waals surface area contributed by atoms with Crippen LogP contribution in [0.25, 0.3) is 144 Å². The minimum absolute atomic E-state index is 0.138. The van der Waals surface area contributed by atoms with Crippen LogP contribution in [0.3, 0.4) is 0 Å². The summed E-state index contributed by atoms with van der Waals surface area (Å²) in [6.45, 7) is 29.5. The molecule has 0 unspecified atom stereocenters. The van der Waals surface area contributed by atoms with E-state index in [2.05, 4.69) is 187 Å². The van der Waals surface area contributed by atoms with Crippen molar-refractivity contribution in [1.82, 2.24) is 97.7 Å². The van der Waals surface area contributed by atoms with Crippen LogP contribution in [0.4, 0.5) is 32.9 Å². The lowest BCUT2D eigenvalue weighted by Gasteiger charge is -2.15. The van der Waals surface area contributed by atoms with E-state index >= 15 is 0 Å². The number of fused-ring (bicyclic) bond motifs is 28. The highest BCUT2D eigenvalue weighted by atomic mass is 35.5. The number of benzene rings is 4. The molecule has 0 fully saturated rings. The van der Waals surface area contributed by atoms with Crippen molar-refractivity contribution < 1.29 is 14.3 Å². The Morgan fingerprint density at radius 2 is 0.791 bits per heavy atom. The largest absolute Gasteiger partial charge is 0.497 e. The Morgan fingerprint density at radius 3 is 1.18 bits per heavy atom. The topological polar surface area (TPSA) is 362 Å². The molecule has 12 aromatic heterocycles. The number of ether oxygens (including phenoxy) is 1. The normalized spacial score (nSPS) is 13.5. The summed E-state index contributed by atoms with van der Waals surface area (Å²) < 4.78 is 21.7. The van der Waals surface area contributed by atoms with Gasteiger partial charge in [-0.05, 0) is 147 Å². The number of methoxy groups -OCH3 is 1. The maximum atomic E-state index is 13.0. The van der Waals surface area contributed by atoms with Crippen LogP contribution in [0.15, 0.2) is 136 Å². The first kappa shape index (κ1) is 69.4. The van der Waals surface area contributed by atoms with Crippen LogP contribution in [-0.2, 0) is 26.2 Å². The van der Waals surface area contributed by atoms with Crippen LogP contribution >= 0.6 is 11.6 Å². The number of hydrogen-bond donors (Lipinski definition) is 8. The molecule has 20 rings (SSSR count). The summed E-state index contributed by atoms with van der Waals surface area (Å²) >= 11 is 6.23. The van der Waals surface area contributed by atoms with Gasteiger partial charge in [0.1, 0.15) is 88.6 Å². The standard InChI is InChI=1S/C21H19N7.C20H19ClN6.C20H20N6O2.C20H20N6O/c1-11(2)27-17-9-24-12(3)28-15-5-4-13(8-22)6-14(15)7-16(28)18(17)19-20(23)25-10-26-21(19)27;1-10(2)26-16-8-23-11(3)27-14-5-4-13(21)6-12(14)7-15(27)17(16)18-19(22)24-9-25-20(18)26;1-10(2)25-15-8-22-20(27)26-13-7-12(28-3)5-4-11(13)6-14(26)16(15)17-18(21)23-9-24-19(17)25;1-10(2)25-15-8-22-20(27)26-13-6-11(3)4-5-12(13)7-14(26)16(15)17-18(21)23-9-24-19(17)25/h4-7,10-11,24H,3,9H2,1-2H3,(H2,23,25,26);4-7,9-10,23H,3,8H2,1-2H3,(H2,22,24,25);4-7,9-10H,8H2,1-3H3,(H,22,27)(H2,21,23,24);4-7,9-10H,8H2,1-3H3,(H,22,27)(H2,21,23,24). The van der Waals surface area contributed by atoms with Gasteiger partial charge in [0.15, 0.2) is 0 Å². The number of carbonyl (C=O) groups excluding carboxylic acids is 2. The van der Waals surface area contributed by atoms with Gasteiger partial charge in [-0.15, -0.1) is 0 Å². The Morgan fingerprint density at radius 1 is 0.436 bits per heavy atom. The number of aromatic nitrogens is 16. The second-order valence-corrected chi connectivity index (χ2v) is 29.4. The zero-order valence-electron chi connectivity index (χ0n) is 62.1. The summed E-state index contributed by atoms with van der Waals surface area (Å²) in [6, 6.07) is 34.3. The van der Waals surface area contributed by atoms with E-state index in [-0.39, 0.29) is 36.2 Å². The van der Waals surface area contributed by atoms with Gasteiger partial charge in [-0.3, -0.25) is 18.3 Å². The second-order valence-electron chi connectivity index (χ2n) is 28.9. The number of nitriles is 1. The Balaban J connectivity index is 0.000000107. The zero-order chi connectivity index (χ0) is 76.9. The fourth-order valence-corrected chi connectivity index (χ4v) is 16.9. The summed E-state index contributed by atoms with van der Waals surface area (Å²) in [6.07, 6.45) is 6.01. The van der Waals surface area contributed by atoms with Crippen molar-refractivity contribution >= 4 is 146 Å². The van der Waals surface area contributed by atoms with Crippen molar-refractivity contribution in [2.45, 2.75) is 113 Å². The first-order chi connectivity index (χ1) is 53.0. The highest BCUT2D eigenvalue weighted by Crippen LogP contribution is 2.48. The molecule has 2 amide bonds. The lowest BCUT2D eigenvalue weighted by atomic mass is 10.1. The lowest BCUT2D eigenvalue weighted by Crippen LogP contribution is -2.27. The molecule has 4 aliphatic heterocycles. The molecule has 16 heterocycles. The van der Waals surface area contributed by atoms with Crippen LogP contribution in [0, 0.1) is 18.3 Å². The molecule has 29 heteroatoms. The fourth-order valence-electron chi connectivity index (χ4n) is 16.7. The number of nitrogens with two attached hydrogens (primary N) is 4. The van der Waals surface area contributed by atoms with Crippen LogP contribution < -0.4 is 48.9 Å². The van der Waals surface area contributed by atoms with E-state index in [1.54, 1.807) is 16.2 Å². The van der Waals surface area contributed by atoms with Gasteiger partial charge in [0.25, 0.3) is 0 Å². The highest BCUT2D eigenvalue weighted by Gasteiger charge is 2.35. The molecule has 16 aromatic rings. The van der Waals surface area contributed by atoms with Crippen molar-refractivity contribution in [2.24, 2.45) is 0 Å². The Kier molecular flexibility index (Phi) is 16.4. The minimum atomic E-state index is -0.187. The fraction of sp³-hybridized carbons (Fsp3) is 0.222. The monoisotopic (exact) mass is 1480 g/mol. The van der Waals surface area contributed by atoms with Gasteiger partial charge < -0.3 is 67.2 Å². The van der Waals surface area contributed by atoms with Crippen molar-refractivity contribution in [1.29, 1.82) is 5.26 Å². The van der Waals surface area contributed by atoms with Gasteiger partial charge in [-0.1, -0.05) is 36.9 Å². The van der Waals surface area contributed by atoms with Gasteiger partial charge in [-0.25, -0.2) is 49.5 Å². The summed E-state index contributed by atoms with van der Waals surface area (Å²) in [4.78, 5) is 61.0. The van der Waals surface area contributed by atoms with Crippen molar-refractivity contribution in [2.75, 3.05) is 30.0 Å². The van der Waals surface area contributed by atoms with Crippen molar-refractivity contribution in [3.63, 3.8) is 0 Å². The molecule has 0 saturated heterocycles. The summed E-state index contributed by atoms with van der Waals surface area (Å²) in [5.74, 6) is 4.07. The highest BCUT2D eigenvalue weighted by molar-refractivity contribution is 6.31. The quantitative estimate of drug-likeness (QED) is 0.0793. The number of aryl methyl sites for hydroxylation is 1. The van der Waals surface area contributed by atoms with E-state index in [1.165, 1.54) is 25.3 Å². The minimum Gasteiger partial charge on any atom is -0.497 e. The maximum absolute atomic E-state index is 13.0. The number of rotatable bonds is 5. The summed E-state index contributed by atoms with van der Waals surface area (Å²) in [5.41, 5.74) is 45.6. The Bertz CT molecular complexity index is 6600. The SMILES string of the molecule is C=C1NCc2c(c3c(N)ncnc3n2C(C)C)-c2cc3cc(C#N)ccc3n21.C=C1NCc2c(c3c(N)ncnc3n2C(C)C)-c2cc3cc(Cl)ccc3n21.COc1ccc2cc3n(c2c1)C(=O)NCc1c-3c2c(N)ncnc2n1C(C)C.Cc1ccc2cc3n(c2c1)C(=O)NCc1c-3c2c(N)ncnc2n1C(C)C. The molecular formula is C81H78ClN25O3. The number of nitrogens with one attached hydrogen (secondary N) is 4. The number of anilines is 4. The molecule has 0 aliphatic carbocycles. The number of hydrogen-bond acceptors (Lipinski definition) is 18. The van der Waals surface area contributed by atoms with Gasteiger partial charge in [-0.2, -0.15) is 5.26 Å². The van der Waals surface area contributed by atoms with Crippen molar-refractivity contribution in [3.05, 3.63) is 174 Å². The van der Waals surface area contributed by atoms with Crippen molar-refractivity contribution in [3.8, 4) is 56.8 Å². The number of nitrogens with zero attached hydrogens (tertiary/aromatic N) is 17. The average Bonchev–Trinajstić information content (AvgIpc) is 1.58. The molecule has 0 spiro atoms. The van der Waals surface area contributed by atoms with Gasteiger partial charge >= 0.3 is 12.1 Å². The summed E-state index contributed by atoms with van der Waals surface area (Å²) in [7, 11) is 1.61. The van der Waals surface area contributed by atoms with E-state index in [4.69, 9.17) is 39.3 Å². The van der Waals surface area contributed by atoms with E-state index in [9.17, 15) is 14.9 Å². The first-order valence-corrected chi connectivity index (χ1v) is 36.5. The predicted octanol–water partition coefficient (Wildman–Crippen LogP) is 14.9. The predicted molar refractivity (Wildman–Crippen MR) is 434 cm³/mol. The van der Waals surface area contributed by atoms with E-state index in [1.807, 2.05) is 79.7 Å². The van der Waals surface area contributed by atoms with Crippen LogP contribution in [0.1, 0.15) is 113 Å². The van der Waals surface area contributed by atoms with E-state index in [0.717, 1.165) is 173 Å². The van der Waals surface area contributed by atoms with Gasteiger partial charge in [0.05, 0.1) is 111 Å². The number of halogens is 1. The zero-order valence-corrected chi connectivity index (χ0v) is 62.9. The Labute approximate surface area is 634 Å². The van der Waals surface area contributed by atoms with E-state index in [0.29, 0.717) is 65.8 Å². The molecule has 0 saturated carbocycles. The number of nitrogen functional groups attached to an aromatic ring is 4. The molecular weight excluding hydrogens is 1410 g/mol. The first-order valence-electron chi connectivity index (χ1n) is 36.1. The molecule has 12 N–H and O–H groups in total. The van der Waals surface area contributed by atoms with E-state index < -0.39 is 0 Å². The smallest absolute Gasteiger partial charge is 0.326 e. The van der Waals surface area contributed by atoms with Gasteiger partial charge in [0.2, 0.25) is 0 Å². The molecule has 4 aromatic carbocycles. The molecule has 0 bridgehead atoms. The second kappa shape index (κ2) is 26.1. The molecule has 552 valence electrons. The van der Waals surface area contributed by atoms with Crippen LogP contribution in [0.2, 0.25) is 5.02 Å². The summed E-state index contributed by atoms with van der Waals surface area (Å²) in [5, 5.41) is 30.2. The molecule has 0 radical (unpaired) electrons. The van der Waals surface area contributed by atoms with Crippen LogP contribution in [0.5, 0.6) is 5.75 Å². The third-order valence-electron chi connectivity index (χ3n) is 21.1. The lowest BCUT2D eigenvalue weighted by molar-refractivity contribution is 0.242. The van der Waals surface area contributed by atoms with Crippen LogP contribution in [-0.4, -0.2) is 95.6 Å². The average molecular weight is 1490 g/mol. The van der Waals surface area contributed by atoms with Gasteiger partial charge in [0, 0.05) is 102 Å². The third kappa shape index (κ3) is 10.6. The number of carbonyl (C=O) groups is 2. The molecule has 28 nitrogen and oxygen atoms in total. The Hall–Kier alpha value is -13.7. The molecule has 110 heavy (non-hydrogen) atoms. The molecule has 4 aliphatic rings. The molecule has 0 atom stereocenters. The maximum Gasteiger partial charge on any atom is 0.326 e. The third-order valence-corrected chi connectivity index (χ3v) is 21.3. The number of amides is 2.